The summed E-state index contributed by atoms with van der Waals surface area (Å²) in [7, 11) is 0. The average molecular weight is 330 g/mol. The van der Waals surface area contributed by atoms with Crippen LogP contribution in [0.5, 0.6) is 0 Å². The van der Waals surface area contributed by atoms with Gasteiger partial charge in [-0.05, 0) is 17.5 Å². The van der Waals surface area contributed by atoms with Crippen molar-refractivity contribution < 1.29 is 9.59 Å². The molecule has 0 atom stereocenters. The van der Waals surface area contributed by atoms with Crippen LogP contribution in [0, 0.1) is 0 Å². The van der Waals surface area contributed by atoms with Crippen LogP contribution in [0.3, 0.4) is 0 Å². The lowest BCUT2D eigenvalue weighted by molar-refractivity contribution is -0.128. The first kappa shape index (κ1) is 15.5. The first-order chi connectivity index (χ1) is 11.2. The minimum atomic E-state index is -0.285. The molecular formula is C16H18N4O2S. The molecule has 1 fully saturated rings. The van der Waals surface area contributed by atoms with E-state index < -0.39 is 0 Å². The summed E-state index contributed by atoms with van der Waals surface area (Å²) in [6.45, 7) is 1.82. The minimum Gasteiger partial charge on any atom is -0.338 e. The van der Waals surface area contributed by atoms with Crippen molar-refractivity contribution in [2.75, 3.05) is 11.9 Å². The molecule has 1 aliphatic rings. The molecule has 2 aromatic rings. The molecule has 1 aliphatic heterocycles. The lowest BCUT2D eigenvalue weighted by atomic mass is 10.1. The number of anilines is 1. The fraction of sp³-hybridized carbons (Fsp3) is 0.312. The molecule has 3 rings (SSSR count). The largest absolute Gasteiger partial charge is 0.338 e. The van der Waals surface area contributed by atoms with Gasteiger partial charge in [-0.3, -0.25) is 10.1 Å². The monoisotopic (exact) mass is 330 g/mol. The molecule has 7 heteroatoms. The second kappa shape index (κ2) is 7.23. The van der Waals surface area contributed by atoms with Gasteiger partial charge in [0.1, 0.15) is 0 Å². The number of nitrogens with one attached hydrogen (secondary N) is 2. The molecular weight excluding hydrogens is 312 g/mol. The number of aromatic nitrogens is 1. The Kier molecular flexibility index (Phi) is 4.87. The van der Waals surface area contributed by atoms with Gasteiger partial charge in [-0.15, -0.1) is 11.3 Å². The zero-order valence-corrected chi connectivity index (χ0v) is 13.4. The summed E-state index contributed by atoms with van der Waals surface area (Å²) in [6, 6.07) is 7.58. The van der Waals surface area contributed by atoms with Crippen molar-refractivity contribution in [2.24, 2.45) is 0 Å². The van der Waals surface area contributed by atoms with Crippen LogP contribution in [0.1, 0.15) is 24.0 Å². The van der Waals surface area contributed by atoms with Gasteiger partial charge in [0.15, 0.2) is 5.13 Å². The van der Waals surface area contributed by atoms with Gasteiger partial charge in [0.2, 0.25) is 5.91 Å². The van der Waals surface area contributed by atoms with E-state index in [9.17, 15) is 9.59 Å². The van der Waals surface area contributed by atoms with E-state index >= 15 is 0 Å². The van der Waals surface area contributed by atoms with E-state index in [1.54, 1.807) is 11.6 Å². The number of urea groups is 1. The van der Waals surface area contributed by atoms with Crippen molar-refractivity contribution in [2.45, 2.75) is 25.9 Å². The summed E-state index contributed by atoms with van der Waals surface area (Å²) in [6.07, 6.45) is 3.20. The Balaban J connectivity index is 1.59. The molecule has 120 valence electrons. The Hall–Kier alpha value is -2.41. The molecule has 0 spiro atoms. The molecule has 1 saturated heterocycles. The lowest BCUT2D eigenvalue weighted by Crippen LogP contribution is -2.29. The van der Waals surface area contributed by atoms with Crippen LogP contribution >= 0.6 is 11.3 Å². The number of carbonyl (C=O) groups excluding carboxylic acids is 2. The van der Waals surface area contributed by atoms with Gasteiger partial charge in [-0.2, -0.15) is 0 Å². The first-order valence-electron chi connectivity index (χ1n) is 7.51. The van der Waals surface area contributed by atoms with Crippen LogP contribution in [-0.2, 0) is 17.9 Å². The normalized spacial score (nSPS) is 14.1. The quantitative estimate of drug-likeness (QED) is 0.885. The summed E-state index contributed by atoms with van der Waals surface area (Å²) in [5.74, 6) is 0.203. The number of amides is 3. The third-order valence-corrected chi connectivity index (χ3v) is 4.43. The Morgan fingerprint density at radius 1 is 1.30 bits per heavy atom. The van der Waals surface area contributed by atoms with Crippen molar-refractivity contribution in [3.05, 3.63) is 47.0 Å². The Labute approximate surface area is 138 Å². The lowest BCUT2D eigenvalue weighted by Gasteiger charge is -2.18. The van der Waals surface area contributed by atoms with Crippen LogP contribution in [0.4, 0.5) is 9.93 Å². The molecule has 3 amide bonds. The molecule has 0 bridgehead atoms. The highest BCUT2D eigenvalue weighted by atomic mass is 32.1. The van der Waals surface area contributed by atoms with Crippen molar-refractivity contribution in [1.82, 2.24) is 15.2 Å². The second-order valence-corrected chi connectivity index (χ2v) is 6.23. The van der Waals surface area contributed by atoms with Crippen molar-refractivity contribution in [3.8, 4) is 0 Å². The van der Waals surface area contributed by atoms with E-state index in [-0.39, 0.29) is 11.9 Å². The standard InChI is InChI=1S/C16H18N4O2S/c21-14-6-3-8-20(14)11-13-5-2-1-4-12(13)10-18-15(22)19-16-17-7-9-23-16/h1-2,4-5,7,9H,3,6,8,10-11H2,(H2,17,18,19,22). The van der Waals surface area contributed by atoms with Gasteiger partial charge in [0.25, 0.3) is 0 Å². The third kappa shape index (κ3) is 4.07. The number of carbonyl (C=O) groups is 2. The van der Waals surface area contributed by atoms with Gasteiger partial charge in [0, 0.05) is 37.6 Å². The summed E-state index contributed by atoms with van der Waals surface area (Å²) >= 11 is 1.37. The molecule has 2 N–H and O–H groups in total. The van der Waals surface area contributed by atoms with Gasteiger partial charge in [0.05, 0.1) is 0 Å². The summed E-state index contributed by atoms with van der Waals surface area (Å²) in [5.41, 5.74) is 2.08. The van der Waals surface area contributed by atoms with Gasteiger partial charge in [-0.25, -0.2) is 9.78 Å². The zero-order chi connectivity index (χ0) is 16.1. The van der Waals surface area contributed by atoms with Crippen molar-refractivity contribution >= 4 is 28.4 Å². The van der Waals surface area contributed by atoms with Crippen molar-refractivity contribution in [1.29, 1.82) is 0 Å². The number of hydrogen-bond acceptors (Lipinski definition) is 4. The topological polar surface area (TPSA) is 74.3 Å². The fourth-order valence-corrected chi connectivity index (χ4v) is 3.09. The molecule has 0 saturated carbocycles. The molecule has 2 heterocycles. The van der Waals surface area contributed by atoms with Crippen LogP contribution < -0.4 is 10.6 Å². The van der Waals surface area contributed by atoms with Gasteiger partial charge >= 0.3 is 6.03 Å². The maximum atomic E-state index is 11.9. The molecule has 0 radical (unpaired) electrons. The number of hydrogen-bond donors (Lipinski definition) is 2. The minimum absolute atomic E-state index is 0.203. The molecule has 1 aromatic carbocycles. The SMILES string of the molecule is O=C(NCc1ccccc1CN1CCCC1=O)Nc1nccs1. The number of benzene rings is 1. The number of likely N-dealkylation sites (tertiary alicyclic amines) is 1. The predicted molar refractivity (Wildman–Crippen MR) is 89.1 cm³/mol. The van der Waals surface area contributed by atoms with E-state index in [0.717, 1.165) is 24.1 Å². The van der Waals surface area contributed by atoms with Gasteiger partial charge in [-0.1, -0.05) is 24.3 Å². The number of rotatable bonds is 5. The highest BCUT2D eigenvalue weighted by Gasteiger charge is 2.20. The molecule has 1 aromatic heterocycles. The van der Waals surface area contributed by atoms with Crippen LogP contribution in [-0.4, -0.2) is 28.4 Å². The summed E-state index contributed by atoms with van der Waals surface area (Å²) in [5, 5.41) is 7.88. The van der Waals surface area contributed by atoms with E-state index in [4.69, 9.17) is 0 Å². The van der Waals surface area contributed by atoms with Crippen LogP contribution in [0.15, 0.2) is 35.8 Å². The maximum absolute atomic E-state index is 11.9. The highest BCUT2D eigenvalue weighted by molar-refractivity contribution is 7.13. The Morgan fingerprint density at radius 2 is 2.13 bits per heavy atom. The predicted octanol–water partition coefficient (Wildman–Crippen LogP) is 2.59. The molecule has 23 heavy (non-hydrogen) atoms. The second-order valence-electron chi connectivity index (χ2n) is 5.33. The van der Waals surface area contributed by atoms with E-state index in [0.29, 0.717) is 24.6 Å². The third-order valence-electron chi connectivity index (χ3n) is 3.74. The van der Waals surface area contributed by atoms with E-state index in [1.807, 2.05) is 29.2 Å². The smallest absolute Gasteiger partial charge is 0.321 e. The number of nitrogens with zero attached hydrogens (tertiary/aromatic N) is 2. The maximum Gasteiger partial charge on any atom is 0.321 e. The zero-order valence-electron chi connectivity index (χ0n) is 12.6. The first-order valence-corrected chi connectivity index (χ1v) is 8.39. The van der Waals surface area contributed by atoms with Gasteiger partial charge < -0.3 is 10.2 Å². The highest BCUT2D eigenvalue weighted by Crippen LogP contribution is 2.17. The number of thiazole rings is 1. The van der Waals surface area contributed by atoms with Crippen molar-refractivity contribution in [3.63, 3.8) is 0 Å². The van der Waals surface area contributed by atoms with E-state index in [2.05, 4.69) is 15.6 Å². The van der Waals surface area contributed by atoms with E-state index in [1.165, 1.54) is 11.3 Å². The molecule has 0 unspecified atom stereocenters. The average Bonchev–Trinajstić information content (AvgIpc) is 3.19. The Bertz CT molecular complexity index is 687. The summed E-state index contributed by atoms with van der Waals surface area (Å²) < 4.78 is 0. The summed E-state index contributed by atoms with van der Waals surface area (Å²) in [4.78, 5) is 29.5. The fourth-order valence-electron chi connectivity index (χ4n) is 2.56. The molecule has 6 nitrogen and oxygen atoms in total. The Morgan fingerprint density at radius 3 is 2.83 bits per heavy atom. The van der Waals surface area contributed by atoms with Crippen LogP contribution in [0.25, 0.3) is 0 Å². The van der Waals surface area contributed by atoms with Crippen LogP contribution in [0.2, 0.25) is 0 Å². The molecule has 0 aliphatic carbocycles.